The first-order valence-electron chi connectivity index (χ1n) is 9.85. The van der Waals surface area contributed by atoms with E-state index in [1.807, 2.05) is 24.3 Å². The number of rotatable bonds is 9. The lowest BCUT2D eigenvalue weighted by Crippen LogP contribution is -2.26. The van der Waals surface area contributed by atoms with Gasteiger partial charge in [-0.3, -0.25) is 4.79 Å². The van der Waals surface area contributed by atoms with E-state index in [1.54, 1.807) is 13.0 Å². The molecule has 1 N–H and O–H groups in total. The standard InChI is InChI=1S/C23H24O7S/c1-14(2)22(26)29-10-9-28-12-16(24)13-30-23(27)17-7-8-19(25)18-11-15-5-3-4-6-20(15)31-21(17)18/h3-7,16,24H,1,8-13H2,2H3. The van der Waals surface area contributed by atoms with Crippen LogP contribution in [0.5, 0.6) is 0 Å². The number of hydrogen-bond acceptors (Lipinski definition) is 8. The molecule has 7 nitrogen and oxygen atoms in total. The Labute approximate surface area is 184 Å². The van der Waals surface area contributed by atoms with Crippen LogP contribution < -0.4 is 0 Å². The zero-order valence-corrected chi connectivity index (χ0v) is 18.0. The molecule has 1 aliphatic heterocycles. The lowest BCUT2D eigenvalue weighted by atomic mass is 9.92. The zero-order chi connectivity index (χ0) is 22.4. The highest BCUT2D eigenvalue weighted by molar-refractivity contribution is 8.03. The number of carbonyl (C=O) groups is 3. The molecule has 2 aliphatic rings. The summed E-state index contributed by atoms with van der Waals surface area (Å²) in [6.45, 7) is 4.82. The normalized spacial score (nSPS) is 16.1. The number of benzene rings is 1. The number of hydrogen-bond donors (Lipinski definition) is 1. The molecule has 3 rings (SSSR count). The van der Waals surface area contributed by atoms with Crippen LogP contribution in [-0.2, 0) is 35.0 Å². The molecule has 0 fully saturated rings. The summed E-state index contributed by atoms with van der Waals surface area (Å²) in [5.41, 5.74) is 2.35. The van der Waals surface area contributed by atoms with E-state index in [0.29, 0.717) is 28.0 Å². The van der Waals surface area contributed by atoms with E-state index in [0.717, 1.165) is 10.5 Å². The minimum atomic E-state index is -1.03. The van der Waals surface area contributed by atoms with Gasteiger partial charge in [-0.25, -0.2) is 9.59 Å². The van der Waals surface area contributed by atoms with E-state index in [-0.39, 0.29) is 38.6 Å². The molecule has 1 aliphatic carbocycles. The number of aliphatic hydroxyl groups excluding tert-OH is 1. The van der Waals surface area contributed by atoms with Crippen molar-refractivity contribution in [3.63, 3.8) is 0 Å². The molecule has 1 heterocycles. The summed E-state index contributed by atoms with van der Waals surface area (Å²) in [5, 5.41) is 9.98. The van der Waals surface area contributed by atoms with Crippen molar-refractivity contribution in [3.05, 3.63) is 64.1 Å². The number of esters is 2. The predicted molar refractivity (Wildman–Crippen MR) is 114 cm³/mol. The van der Waals surface area contributed by atoms with Crippen LogP contribution >= 0.6 is 11.8 Å². The Hall–Kier alpha value is -2.68. The first-order chi connectivity index (χ1) is 14.9. The smallest absolute Gasteiger partial charge is 0.339 e. The maximum atomic E-state index is 12.6. The van der Waals surface area contributed by atoms with Crippen molar-refractivity contribution in [1.82, 2.24) is 0 Å². The van der Waals surface area contributed by atoms with Gasteiger partial charge in [0.05, 0.1) is 18.8 Å². The van der Waals surface area contributed by atoms with Gasteiger partial charge in [-0.2, -0.15) is 0 Å². The quantitative estimate of drug-likeness (QED) is 0.352. The average Bonchev–Trinajstić information content (AvgIpc) is 2.76. The number of thioether (sulfide) groups is 1. The molecular formula is C23H24O7S. The molecule has 1 atom stereocenters. The summed E-state index contributed by atoms with van der Waals surface area (Å²) < 4.78 is 15.3. The Kier molecular flexibility index (Phi) is 7.84. The summed E-state index contributed by atoms with van der Waals surface area (Å²) in [4.78, 5) is 37.9. The maximum Gasteiger partial charge on any atom is 0.339 e. The molecule has 1 aromatic carbocycles. The van der Waals surface area contributed by atoms with E-state index in [9.17, 15) is 19.5 Å². The molecule has 0 bridgehead atoms. The molecule has 0 spiro atoms. The Morgan fingerprint density at radius 2 is 1.97 bits per heavy atom. The van der Waals surface area contributed by atoms with E-state index < -0.39 is 18.0 Å². The van der Waals surface area contributed by atoms with Crippen molar-refractivity contribution in [3.8, 4) is 0 Å². The summed E-state index contributed by atoms with van der Waals surface area (Å²) in [7, 11) is 0. The van der Waals surface area contributed by atoms with Gasteiger partial charge in [-0.05, 0) is 18.6 Å². The lowest BCUT2D eigenvalue weighted by molar-refractivity contribution is -0.144. The minimum absolute atomic E-state index is 0.00864. The fourth-order valence-electron chi connectivity index (χ4n) is 3.05. The number of ether oxygens (including phenoxy) is 3. The number of carbonyl (C=O) groups excluding carboxylic acids is 3. The van der Waals surface area contributed by atoms with Crippen LogP contribution in [0.15, 0.2) is 63.4 Å². The van der Waals surface area contributed by atoms with Gasteiger partial charge in [0.2, 0.25) is 0 Å². The molecular weight excluding hydrogens is 420 g/mol. The Morgan fingerprint density at radius 1 is 1.19 bits per heavy atom. The number of fused-ring (bicyclic) bond motifs is 1. The second-order valence-corrected chi connectivity index (χ2v) is 8.23. The van der Waals surface area contributed by atoms with Crippen LogP contribution in [0.2, 0.25) is 0 Å². The van der Waals surface area contributed by atoms with Gasteiger partial charge in [0.15, 0.2) is 5.78 Å². The van der Waals surface area contributed by atoms with Gasteiger partial charge >= 0.3 is 11.9 Å². The monoisotopic (exact) mass is 444 g/mol. The molecule has 8 heteroatoms. The van der Waals surface area contributed by atoms with Crippen LogP contribution in [-0.4, -0.2) is 55.4 Å². The SMILES string of the molecule is C=C(C)C(=O)OCCOCC(O)COC(=O)C1=CCC(=O)C2=C1Sc1ccccc1C2. The molecule has 1 unspecified atom stereocenters. The van der Waals surface area contributed by atoms with Crippen LogP contribution in [0.1, 0.15) is 18.9 Å². The number of ketones is 1. The van der Waals surface area contributed by atoms with E-state index in [2.05, 4.69) is 6.58 Å². The third kappa shape index (κ3) is 5.94. The van der Waals surface area contributed by atoms with Gasteiger partial charge in [0, 0.05) is 33.8 Å². The van der Waals surface area contributed by atoms with Crippen LogP contribution in [0.25, 0.3) is 0 Å². The summed E-state index contributed by atoms with van der Waals surface area (Å²) in [6, 6.07) is 7.78. The van der Waals surface area contributed by atoms with Crippen molar-refractivity contribution in [1.29, 1.82) is 0 Å². The van der Waals surface area contributed by atoms with Crippen molar-refractivity contribution in [2.45, 2.75) is 30.8 Å². The highest BCUT2D eigenvalue weighted by Gasteiger charge is 2.32. The fourth-order valence-corrected chi connectivity index (χ4v) is 4.28. The topological polar surface area (TPSA) is 99.1 Å². The first kappa shape index (κ1) is 23.0. The highest BCUT2D eigenvalue weighted by atomic mass is 32.2. The zero-order valence-electron chi connectivity index (χ0n) is 17.2. The van der Waals surface area contributed by atoms with Crippen molar-refractivity contribution in [2.24, 2.45) is 0 Å². The van der Waals surface area contributed by atoms with Crippen molar-refractivity contribution < 1.29 is 33.7 Å². The molecule has 0 amide bonds. The van der Waals surface area contributed by atoms with Crippen molar-refractivity contribution >= 4 is 29.5 Å². The predicted octanol–water partition coefficient (Wildman–Crippen LogP) is 2.53. The van der Waals surface area contributed by atoms with E-state index in [1.165, 1.54) is 11.8 Å². The van der Waals surface area contributed by atoms with Crippen LogP contribution in [0.3, 0.4) is 0 Å². The van der Waals surface area contributed by atoms with E-state index in [4.69, 9.17) is 14.2 Å². The number of allylic oxidation sites excluding steroid dienone is 2. The number of aliphatic hydroxyl groups is 1. The minimum Gasteiger partial charge on any atom is -0.460 e. The maximum absolute atomic E-state index is 12.6. The van der Waals surface area contributed by atoms with Crippen LogP contribution in [0.4, 0.5) is 0 Å². The largest absolute Gasteiger partial charge is 0.460 e. The van der Waals surface area contributed by atoms with Crippen molar-refractivity contribution in [2.75, 3.05) is 26.4 Å². The second-order valence-electron chi connectivity index (χ2n) is 7.18. The summed E-state index contributed by atoms with van der Waals surface area (Å²) >= 11 is 1.39. The van der Waals surface area contributed by atoms with Crippen LogP contribution in [0, 0.1) is 0 Å². The Balaban J connectivity index is 1.48. The first-order valence-corrected chi connectivity index (χ1v) is 10.7. The van der Waals surface area contributed by atoms with E-state index >= 15 is 0 Å². The average molecular weight is 445 g/mol. The van der Waals surface area contributed by atoms with Gasteiger partial charge in [-0.1, -0.05) is 42.6 Å². The molecule has 0 aromatic heterocycles. The molecule has 0 saturated carbocycles. The molecule has 31 heavy (non-hydrogen) atoms. The summed E-state index contributed by atoms with van der Waals surface area (Å²) in [6.07, 6.45) is 1.21. The fraction of sp³-hybridized carbons (Fsp3) is 0.348. The third-order valence-electron chi connectivity index (χ3n) is 4.64. The molecule has 0 radical (unpaired) electrons. The third-order valence-corrected chi connectivity index (χ3v) is 5.93. The molecule has 1 aromatic rings. The molecule has 0 saturated heterocycles. The molecule has 164 valence electrons. The van der Waals surface area contributed by atoms with Gasteiger partial charge in [-0.15, -0.1) is 0 Å². The Morgan fingerprint density at radius 3 is 2.74 bits per heavy atom. The van der Waals surface area contributed by atoms with Gasteiger partial charge in [0.1, 0.15) is 19.3 Å². The summed E-state index contributed by atoms with van der Waals surface area (Å²) in [5.74, 6) is -1.08. The lowest BCUT2D eigenvalue weighted by Gasteiger charge is -2.25. The van der Waals surface area contributed by atoms with Gasteiger partial charge in [0.25, 0.3) is 0 Å². The number of Topliss-reactive ketones (excluding diaryl/α,β-unsaturated/α-hetero) is 1. The van der Waals surface area contributed by atoms with Gasteiger partial charge < -0.3 is 19.3 Å². The highest BCUT2D eigenvalue weighted by Crippen LogP contribution is 2.44. The second kappa shape index (κ2) is 10.6. The Bertz CT molecular complexity index is 960.